The molecular weight excluding hydrogens is 435 g/mol. The number of nitrogens with one attached hydrogen (secondary N) is 3. The molecule has 14 heteroatoms. The van der Waals surface area contributed by atoms with E-state index in [0.717, 1.165) is 22.1 Å². The summed E-state index contributed by atoms with van der Waals surface area (Å²) in [4.78, 5) is 26.3. The number of urea groups is 1. The Hall–Kier alpha value is -3.81. The number of carbonyl (C=O) groups is 1. The number of hydrogen-bond donors (Lipinski definition) is 3. The Morgan fingerprint density at radius 3 is 2.55 bits per heavy atom. The largest absolute Gasteiger partial charge is 0.420 e. The van der Waals surface area contributed by atoms with E-state index in [0.29, 0.717) is 21.7 Å². The minimum absolute atomic E-state index is 0.162. The number of anilines is 3. The number of fused-ring (bicyclic) bond motifs is 1. The van der Waals surface area contributed by atoms with E-state index >= 15 is 0 Å². The maximum absolute atomic E-state index is 13.5. The molecule has 10 nitrogen and oxygen atoms in total. The predicted octanol–water partition coefficient (Wildman–Crippen LogP) is 3.68. The normalized spacial score (nSPS) is 11.5. The van der Waals surface area contributed by atoms with E-state index < -0.39 is 23.6 Å². The molecule has 0 saturated carbocycles. The number of thiazole rings is 1. The molecule has 0 atom stereocenters. The molecule has 0 spiro atoms. The van der Waals surface area contributed by atoms with Crippen LogP contribution in [0.1, 0.15) is 10.6 Å². The summed E-state index contributed by atoms with van der Waals surface area (Å²) in [6.07, 6.45) is 0.251. The molecule has 0 bridgehead atoms. The van der Waals surface area contributed by atoms with Gasteiger partial charge in [-0.3, -0.25) is 0 Å². The quantitative estimate of drug-likeness (QED) is 0.434. The van der Waals surface area contributed by atoms with Gasteiger partial charge in [-0.05, 0) is 13.0 Å². The molecule has 0 aliphatic heterocycles. The van der Waals surface area contributed by atoms with Crippen LogP contribution in [0.4, 0.5) is 35.0 Å². The second kappa shape index (κ2) is 7.79. The number of pyridine rings is 2. The highest BCUT2D eigenvalue weighted by molar-refractivity contribution is 7.18. The Kier molecular flexibility index (Phi) is 5.14. The molecule has 0 aromatic carbocycles. The van der Waals surface area contributed by atoms with Gasteiger partial charge in [0.05, 0.1) is 46.9 Å². The van der Waals surface area contributed by atoms with Gasteiger partial charge in [-0.25, -0.2) is 19.7 Å². The minimum Gasteiger partial charge on any atom is -0.385 e. The van der Waals surface area contributed by atoms with E-state index in [1.54, 1.807) is 7.05 Å². The highest BCUT2D eigenvalue weighted by Crippen LogP contribution is 2.34. The zero-order valence-electron chi connectivity index (χ0n) is 16.0. The highest BCUT2D eigenvalue weighted by atomic mass is 32.1. The van der Waals surface area contributed by atoms with Crippen molar-refractivity contribution in [2.24, 2.45) is 0 Å². The van der Waals surface area contributed by atoms with Crippen LogP contribution in [0.5, 0.6) is 0 Å². The van der Waals surface area contributed by atoms with Gasteiger partial charge in [-0.1, -0.05) is 11.3 Å². The summed E-state index contributed by atoms with van der Waals surface area (Å²) in [6, 6.07) is -0.0142. The second-order valence-electron chi connectivity index (χ2n) is 6.17. The molecule has 0 aliphatic carbocycles. The smallest absolute Gasteiger partial charge is 0.385 e. The number of halogens is 3. The summed E-state index contributed by atoms with van der Waals surface area (Å²) in [5.74, 6) is -0.505. The summed E-state index contributed by atoms with van der Waals surface area (Å²) in [7, 11) is 1.66. The van der Waals surface area contributed by atoms with Crippen LogP contribution in [0.15, 0.2) is 30.9 Å². The SMILES string of the molecule is CNc1c(NC(=O)Nc2cnc(-n3nccn3)c(C(F)(F)F)c2)cnc2sc(C)nc12. The van der Waals surface area contributed by atoms with Crippen LogP contribution in [-0.2, 0) is 6.18 Å². The molecule has 0 unspecified atom stereocenters. The minimum atomic E-state index is -4.74. The van der Waals surface area contributed by atoms with Crippen molar-refractivity contribution in [2.75, 3.05) is 23.0 Å². The van der Waals surface area contributed by atoms with E-state index in [1.807, 2.05) is 6.92 Å². The molecule has 0 radical (unpaired) electrons. The van der Waals surface area contributed by atoms with Crippen LogP contribution in [0.25, 0.3) is 16.2 Å². The molecule has 0 fully saturated rings. The number of hydrogen-bond acceptors (Lipinski definition) is 8. The van der Waals surface area contributed by atoms with Crippen molar-refractivity contribution in [1.82, 2.24) is 29.9 Å². The zero-order chi connectivity index (χ0) is 22.2. The first-order chi connectivity index (χ1) is 14.8. The van der Waals surface area contributed by atoms with Gasteiger partial charge in [0, 0.05) is 7.05 Å². The first-order valence-electron chi connectivity index (χ1n) is 8.72. The Labute approximate surface area is 176 Å². The number of carbonyl (C=O) groups excluding carboxylic acids is 1. The van der Waals surface area contributed by atoms with Crippen LogP contribution in [0.3, 0.4) is 0 Å². The second-order valence-corrected chi connectivity index (χ2v) is 7.36. The lowest BCUT2D eigenvalue weighted by Gasteiger charge is -2.14. The molecule has 4 rings (SSSR count). The van der Waals surface area contributed by atoms with Crippen LogP contribution in [0.2, 0.25) is 0 Å². The van der Waals surface area contributed by atoms with Crippen LogP contribution in [0, 0.1) is 6.92 Å². The van der Waals surface area contributed by atoms with E-state index in [1.165, 1.54) is 29.9 Å². The predicted molar refractivity (Wildman–Crippen MR) is 108 cm³/mol. The average Bonchev–Trinajstić information content (AvgIpc) is 3.36. The van der Waals surface area contributed by atoms with Crippen molar-refractivity contribution in [3.63, 3.8) is 0 Å². The fourth-order valence-corrected chi connectivity index (χ4v) is 3.60. The van der Waals surface area contributed by atoms with Crippen molar-refractivity contribution < 1.29 is 18.0 Å². The monoisotopic (exact) mass is 449 g/mol. The maximum atomic E-state index is 13.5. The van der Waals surface area contributed by atoms with Crippen LogP contribution in [-0.4, -0.2) is 43.0 Å². The molecule has 0 saturated heterocycles. The summed E-state index contributed by atoms with van der Waals surface area (Å²) in [6.45, 7) is 1.83. The molecule has 3 N–H and O–H groups in total. The van der Waals surface area contributed by atoms with Crippen molar-refractivity contribution in [3.05, 3.63) is 41.4 Å². The summed E-state index contributed by atoms with van der Waals surface area (Å²) >= 11 is 1.40. The van der Waals surface area contributed by atoms with Gasteiger partial charge >= 0.3 is 12.2 Å². The molecule has 31 heavy (non-hydrogen) atoms. The lowest BCUT2D eigenvalue weighted by atomic mass is 10.2. The maximum Gasteiger partial charge on any atom is 0.420 e. The number of aryl methyl sites for hydroxylation is 1. The van der Waals surface area contributed by atoms with Crippen LogP contribution >= 0.6 is 11.3 Å². The van der Waals surface area contributed by atoms with Gasteiger partial charge < -0.3 is 16.0 Å². The lowest BCUT2D eigenvalue weighted by Crippen LogP contribution is -2.22. The number of alkyl halides is 3. The van der Waals surface area contributed by atoms with Crippen molar-refractivity contribution >= 4 is 44.8 Å². The van der Waals surface area contributed by atoms with Crippen LogP contribution < -0.4 is 16.0 Å². The first kappa shape index (κ1) is 20.5. The third-order valence-electron chi connectivity index (χ3n) is 4.07. The van der Waals surface area contributed by atoms with Crippen molar-refractivity contribution in [2.45, 2.75) is 13.1 Å². The van der Waals surface area contributed by atoms with E-state index in [2.05, 4.69) is 41.1 Å². The van der Waals surface area contributed by atoms with Gasteiger partial charge in [-0.15, -0.1) is 4.80 Å². The molecular formula is C17H14F3N9OS. The molecule has 2 amide bonds. The van der Waals surface area contributed by atoms with E-state index in [9.17, 15) is 18.0 Å². The molecule has 4 aromatic rings. The first-order valence-corrected chi connectivity index (χ1v) is 9.53. The number of rotatable bonds is 4. The van der Waals surface area contributed by atoms with Gasteiger partial charge in [-0.2, -0.15) is 23.4 Å². The number of amides is 2. The Morgan fingerprint density at radius 2 is 1.87 bits per heavy atom. The molecule has 4 aromatic heterocycles. The average molecular weight is 449 g/mol. The summed E-state index contributed by atoms with van der Waals surface area (Å²) < 4.78 is 40.5. The fraction of sp³-hybridized carbons (Fsp3) is 0.176. The number of nitrogens with zero attached hydrogens (tertiary/aromatic N) is 6. The highest BCUT2D eigenvalue weighted by Gasteiger charge is 2.36. The zero-order valence-corrected chi connectivity index (χ0v) is 16.8. The number of aromatic nitrogens is 6. The van der Waals surface area contributed by atoms with Gasteiger partial charge in [0.2, 0.25) is 0 Å². The van der Waals surface area contributed by atoms with Crippen molar-refractivity contribution in [3.8, 4) is 5.82 Å². The Morgan fingerprint density at radius 1 is 1.13 bits per heavy atom. The summed E-state index contributed by atoms with van der Waals surface area (Å²) in [5, 5.41) is 16.0. The third-order valence-corrected chi connectivity index (χ3v) is 4.95. The van der Waals surface area contributed by atoms with Gasteiger partial charge in [0.25, 0.3) is 0 Å². The topological polar surface area (TPSA) is 123 Å². The van der Waals surface area contributed by atoms with Gasteiger partial charge in [0.15, 0.2) is 5.82 Å². The Bertz CT molecular complexity index is 1250. The lowest BCUT2D eigenvalue weighted by molar-refractivity contribution is -0.137. The standard InChI is InChI=1S/C17H14F3N9OS/c1-8-26-13-12(21-2)11(7-23-15(13)31-8)28-16(30)27-9-5-10(17(18,19)20)14(22-6-9)29-24-3-4-25-29/h3-7H,1-2H3,(H,21,23)(H2,27,28,30). The van der Waals surface area contributed by atoms with E-state index in [-0.39, 0.29) is 5.69 Å². The summed E-state index contributed by atoms with van der Waals surface area (Å²) in [5.41, 5.74) is 0.182. The molecule has 4 heterocycles. The fourth-order valence-electron chi connectivity index (χ4n) is 2.83. The van der Waals surface area contributed by atoms with Gasteiger partial charge in [0.1, 0.15) is 15.9 Å². The Balaban J connectivity index is 1.60. The molecule has 0 aliphatic rings. The van der Waals surface area contributed by atoms with E-state index in [4.69, 9.17) is 0 Å². The third kappa shape index (κ3) is 4.09. The van der Waals surface area contributed by atoms with Crippen molar-refractivity contribution in [1.29, 1.82) is 0 Å². The molecule has 160 valence electrons.